The van der Waals surface area contributed by atoms with Gasteiger partial charge in [-0.2, -0.15) is 4.31 Å². The summed E-state index contributed by atoms with van der Waals surface area (Å²) in [6.07, 6.45) is 2.17. The van der Waals surface area contributed by atoms with Crippen LogP contribution in [0.3, 0.4) is 0 Å². The molecule has 0 aromatic heterocycles. The number of rotatable bonds is 10. The van der Waals surface area contributed by atoms with Gasteiger partial charge in [0.2, 0.25) is 10.0 Å². The van der Waals surface area contributed by atoms with Crippen molar-refractivity contribution in [1.29, 1.82) is 0 Å². The standard InChI is InChI=1S/C11H26N2O3S/c1-4-11(5-2)13(8-7-12)17(14,15)10-6-9-16-3/h11H,4-10,12H2,1-3H3. The van der Waals surface area contributed by atoms with Gasteiger partial charge in [-0.3, -0.25) is 0 Å². The maximum absolute atomic E-state index is 12.2. The average molecular weight is 266 g/mol. The minimum absolute atomic E-state index is 0.0612. The van der Waals surface area contributed by atoms with E-state index in [0.29, 0.717) is 26.1 Å². The summed E-state index contributed by atoms with van der Waals surface area (Å²) in [4.78, 5) is 0. The van der Waals surface area contributed by atoms with Crippen molar-refractivity contribution in [2.24, 2.45) is 5.73 Å². The number of hydrogen-bond acceptors (Lipinski definition) is 4. The van der Waals surface area contributed by atoms with Crippen LogP contribution in [0.4, 0.5) is 0 Å². The van der Waals surface area contributed by atoms with E-state index in [1.54, 1.807) is 11.4 Å². The maximum atomic E-state index is 12.2. The molecule has 0 saturated carbocycles. The van der Waals surface area contributed by atoms with Gasteiger partial charge in [-0.25, -0.2) is 8.42 Å². The van der Waals surface area contributed by atoms with E-state index >= 15 is 0 Å². The Morgan fingerprint density at radius 3 is 2.29 bits per heavy atom. The van der Waals surface area contributed by atoms with Gasteiger partial charge in [0, 0.05) is 32.8 Å². The number of nitrogens with two attached hydrogens (primary N) is 1. The largest absolute Gasteiger partial charge is 0.385 e. The van der Waals surface area contributed by atoms with E-state index in [0.717, 1.165) is 12.8 Å². The van der Waals surface area contributed by atoms with Crippen LogP contribution in [0.2, 0.25) is 0 Å². The third-order valence-electron chi connectivity index (χ3n) is 2.81. The lowest BCUT2D eigenvalue weighted by Gasteiger charge is -2.29. The number of methoxy groups -OCH3 is 1. The van der Waals surface area contributed by atoms with Crippen LogP contribution in [0.25, 0.3) is 0 Å². The molecule has 0 aliphatic carbocycles. The first kappa shape index (κ1) is 16.8. The van der Waals surface area contributed by atoms with E-state index in [1.165, 1.54) is 0 Å². The van der Waals surface area contributed by atoms with Crippen molar-refractivity contribution in [3.05, 3.63) is 0 Å². The van der Waals surface area contributed by atoms with Crippen LogP contribution in [-0.4, -0.2) is 51.3 Å². The second kappa shape index (κ2) is 8.85. The molecule has 0 spiro atoms. The molecule has 17 heavy (non-hydrogen) atoms. The summed E-state index contributed by atoms with van der Waals surface area (Å²) in [5.74, 6) is 0.136. The zero-order valence-electron chi connectivity index (χ0n) is 11.2. The van der Waals surface area contributed by atoms with Crippen LogP contribution in [-0.2, 0) is 14.8 Å². The van der Waals surface area contributed by atoms with E-state index in [1.807, 2.05) is 13.8 Å². The molecule has 0 aliphatic heterocycles. The third kappa shape index (κ3) is 5.81. The van der Waals surface area contributed by atoms with Crippen LogP contribution in [0.1, 0.15) is 33.1 Å². The molecule has 0 saturated heterocycles. The molecule has 0 heterocycles. The monoisotopic (exact) mass is 266 g/mol. The summed E-state index contributed by atoms with van der Waals surface area (Å²) >= 11 is 0. The first-order valence-corrected chi connectivity index (χ1v) is 7.82. The third-order valence-corrected chi connectivity index (χ3v) is 4.81. The van der Waals surface area contributed by atoms with E-state index in [4.69, 9.17) is 10.5 Å². The predicted octanol–water partition coefficient (Wildman–Crippen LogP) is 0.802. The van der Waals surface area contributed by atoms with Gasteiger partial charge < -0.3 is 10.5 Å². The topological polar surface area (TPSA) is 72.6 Å². The lowest BCUT2D eigenvalue weighted by Crippen LogP contribution is -2.43. The molecule has 0 fully saturated rings. The number of sulfonamides is 1. The van der Waals surface area contributed by atoms with E-state index in [9.17, 15) is 8.42 Å². The Kier molecular flexibility index (Phi) is 8.77. The normalized spacial score (nSPS) is 12.6. The fourth-order valence-electron chi connectivity index (χ4n) is 1.87. The van der Waals surface area contributed by atoms with E-state index in [-0.39, 0.29) is 11.8 Å². The van der Waals surface area contributed by atoms with Crippen LogP contribution in [0.5, 0.6) is 0 Å². The van der Waals surface area contributed by atoms with E-state index in [2.05, 4.69) is 0 Å². The minimum Gasteiger partial charge on any atom is -0.385 e. The van der Waals surface area contributed by atoms with Gasteiger partial charge in [0.1, 0.15) is 0 Å². The van der Waals surface area contributed by atoms with Crippen molar-refractivity contribution in [1.82, 2.24) is 4.31 Å². The van der Waals surface area contributed by atoms with Crippen molar-refractivity contribution >= 4 is 10.0 Å². The molecule has 0 rings (SSSR count). The molecular weight excluding hydrogens is 240 g/mol. The van der Waals surface area contributed by atoms with E-state index < -0.39 is 10.0 Å². The van der Waals surface area contributed by atoms with Crippen molar-refractivity contribution in [3.8, 4) is 0 Å². The maximum Gasteiger partial charge on any atom is 0.214 e. The number of ether oxygens (including phenoxy) is 1. The molecule has 0 amide bonds. The zero-order chi connectivity index (χ0) is 13.3. The average Bonchev–Trinajstić information content (AvgIpc) is 2.29. The molecule has 0 aromatic rings. The summed E-state index contributed by atoms with van der Waals surface area (Å²) in [6.45, 7) is 5.24. The Balaban J connectivity index is 4.65. The van der Waals surface area contributed by atoms with Crippen LogP contribution >= 0.6 is 0 Å². The minimum atomic E-state index is -3.21. The Labute approximate surface area is 105 Å². The van der Waals surface area contributed by atoms with Crippen molar-refractivity contribution < 1.29 is 13.2 Å². The van der Waals surface area contributed by atoms with Gasteiger partial charge >= 0.3 is 0 Å². The quantitative estimate of drug-likeness (QED) is 0.594. The first-order chi connectivity index (χ1) is 8.03. The van der Waals surface area contributed by atoms with Crippen molar-refractivity contribution in [2.45, 2.75) is 39.2 Å². The highest BCUT2D eigenvalue weighted by Crippen LogP contribution is 2.14. The SMILES string of the molecule is CCC(CC)N(CCN)S(=O)(=O)CCCOC. The van der Waals surface area contributed by atoms with Crippen molar-refractivity contribution in [2.75, 3.05) is 32.6 Å². The molecule has 0 aliphatic rings. The Hall–Kier alpha value is -0.170. The molecule has 104 valence electrons. The predicted molar refractivity (Wildman–Crippen MR) is 70.4 cm³/mol. The Morgan fingerprint density at radius 1 is 1.29 bits per heavy atom. The summed E-state index contributed by atoms with van der Waals surface area (Å²) in [7, 11) is -1.63. The van der Waals surface area contributed by atoms with Gasteiger partial charge in [-0.1, -0.05) is 13.8 Å². The van der Waals surface area contributed by atoms with Gasteiger partial charge in [0.05, 0.1) is 5.75 Å². The first-order valence-electron chi connectivity index (χ1n) is 6.21. The lowest BCUT2D eigenvalue weighted by molar-refractivity contribution is 0.198. The zero-order valence-corrected chi connectivity index (χ0v) is 12.0. The molecule has 0 radical (unpaired) electrons. The summed E-state index contributed by atoms with van der Waals surface area (Å²) in [5, 5.41) is 0. The summed E-state index contributed by atoms with van der Waals surface area (Å²) < 4.78 is 30.8. The smallest absolute Gasteiger partial charge is 0.214 e. The molecule has 0 atom stereocenters. The number of nitrogens with zero attached hydrogens (tertiary/aromatic N) is 1. The lowest BCUT2D eigenvalue weighted by atomic mass is 10.2. The van der Waals surface area contributed by atoms with Crippen molar-refractivity contribution in [3.63, 3.8) is 0 Å². The molecule has 5 nitrogen and oxygen atoms in total. The highest BCUT2D eigenvalue weighted by Gasteiger charge is 2.26. The molecular formula is C11H26N2O3S. The highest BCUT2D eigenvalue weighted by molar-refractivity contribution is 7.89. The fourth-order valence-corrected chi connectivity index (χ4v) is 3.73. The molecule has 0 aromatic carbocycles. The van der Waals surface area contributed by atoms with Crippen LogP contribution in [0.15, 0.2) is 0 Å². The van der Waals surface area contributed by atoms with Gasteiger partial charge in [0.25, 0.3) is 0 Å². The van der Waals surface area contributed by atoms with Crippen LogP contribution in [0, 0.1) is 0 Å². The van der Waals surface area contributed by atoms with Gasteiger partial charge in [-0.05, 0) is 19.3 Å². The van der Waals surface area contributed by atoms with Gasteiger partial charge in [-0.15, -0.1) is 0 Å². The second-order valence-corrected chi connectivity index (χ2v) is 6.07. The molecule has 0 unspecified atom stereocenters. The number of hydrogen-bond donors (Lipinski definition) is 1. The fraction of sp³-hybridized carbons (Fsp3) is 1.00. The van der Waals surface area contributed by atoms with Gasteiger partial charge in [0.15, 0.2) is 0 Å². The Morgan fingerprint density at radius 2 is 1.88 bits per heavy atom. The molecule has 6 heteroatoms. The van der Waals surface area contributed by atoms with Crippen LogP contribution < -0.4 is 5.73 Å². The Bertz CT molecular complexity index is 276. The summed E-state index contributed by atoms with van der Waals surface area (Å²) in [6, 6.07) is 0.0612. The molecule has 2 N–H and O–H groups in total. The molecule has 0 bridgehead atoms. The second-order valence-electron chi connectivity index (χ2n) is 4.03. The summed E-state index contributed by atoms with van der Waals surface area (Å²) in [5.41, 5.74) is 5.50. The highest BCUT2D eigenvalue weighted by atomic mass is 32.2.